The van der Waals surface area contributed by atoms with Gasteiger partial charge in [0.15, 0.2) is 0 Å². The van der Waals surface area contributed by atoms with Crippen LogP contribution in [0.25, 0.3) is 11.0 Å². The molecule has 10 heteroatoms. The van der Waals surface area contributed by atoms with Crippen molar-refractivity contribution >= 4 is 54.7 Å². The third-order valence-electron chi connectivity index (χ3n) is 5.03. The number of carbonyl (C=O) groups is 2. The van der Waals surface area contributed by atoms with Gasteiger partial charge in [-0.3, -0.25) is 0 Å². The first-order chi connectivity index (χ1) is 16.7. The molecule has 1 heterocycles. The number of anilines is 1. The van der Waals surface area contributed by atoms with Gasteiger partial charge in [-0.2, -0.15) is 4.31 Å². The van der Waals surface area contributed by atoms with Gasteiger partial charge in [-0.1, -0.05) is 34.1 Å². The summed E-state index contributed by atoms with van der Waals surface area (Å²) in [5, 5.41) is 0.307. The molecule has 8 nitrogen and oxygen atoms in total. The van der Waals surface area contributed by atoms with E-state index in [0.29, 0.717) is 25.5 Å². The van der Waals surface area contributed by atoms with Crippen LogP contribution in [0.1, 0.15) is 23.0 Å². The molecule has 0 atom stereocenters. The number of fused-ring (bicyclic) bond motifs is 1. The SMILES string of the molecule is CCOC(=O)c1c(C)oc2ccc(N(C(=O)Oc3ccccc3)S(=O)(=O)c3ccc(Br)cc3)cc12. The summed E-state index contributed by atoms with van der Waals surface area (Å²) in [6, 6.07) is 18.2. The average molecular weight is 558 g/mol. The van der Waals surface area contributed by atoms with E-state index in [9.17, 15) is 18.0 Å². The van der Waals surface area contributed by atoms with Crippen LogP contribution >= 0.6 is 15.9 Å². The highest BCUT2D eigenvalue weighted by Gasteiger charge is 2.34. The van der Waals surface area contributed by atoms with Crippen molar-refractivity contribution in [1.82, 2.24) is 0 Å². The summed E-state index contributed by atoms with van der Waals surface area (Å²) >= 11 is 3.28. The maximum Gasteiger partial charge on any atom is 0.434 e. The Kier molecular flexibility index (Phi) is 6.95. The standard InChI is InChI=1S/C25H20BrNO7S/c1-3-32-24(28)23-16(2)33-22-14-11-18(15-21(22)23)27(25(29)34-19-7-5-4-6-8-19)35(30,31)20-12-9-17(26)10-13-20/h4-15H,3H2,1-2H3. The number of benzene rings is 3. The second-order valence-electron chi connectivity index (χ2n) is 7.34. The second-order valence-corrected chi connectivity index (χ2v) is 10.0. The van der Waals surface area contributed by atoms with Crippen molar-refractivity contribution in [2.24, 2.45) is 0 Å². The number of hydrogen-bond donors (Lipinski definition) is 0. The van der Waals surface area contributed by atoms with Gasteiger partial charge in [-0.15, -0.1) is 0 Å². The molecule has 0 radical (unpaired) electrons. The number of aryl methyl sites for hydroxylation is 1. The number of rotatable bonds is 6. The predicted molar refractivity (Wildman–Crippen MR) is 133 cm³/mol. The Balaban J connectivity index is 1.87. The van der Waals surface area contributed by atoms with Gasteiger partial charge in [0.25, 0.3) is 10.0 Å². The fourth-order valence-electron chi connectivity index (χ4n) is 3.48. The van der Waals surface area contributed by atoms with E-state index < -0.39 is 22.1 Å². The monoisotopic (exact) mass is 557 g/mol. The second kappa shape index (κ2) is 9.93. The van der Waals surface area contributed by atoms with Gasteiger partial charge in [0.1, 0.15) is 22.7 Å². The quantitative estimate of drug-likeness (QED) is 0.265. The largest absolute Gasteiger partial charge is 0.462 e. The van der Waals surface area contributed by atoms with Crippen LogP contribution in [0.4, 0.5) is 10.5 Å². The molecule has 0 saturated heterocycles. The number of esters is 1. The van der Waals surface area contributed by atoms with Gasteiger partial charge in [0.2, 0.25) is 0 Å². The van der Waals surface area contributed by atoms with Crippen molar-refractivity contribution in [2.75, 3.05) is 10.9 Å². The summed E-state index contributed by atoms with van der Waals surface area (Å²) < 4.78 is 44.6. The highest BCUT2D eigenvalue weighted by molar-refractivity contribution is 9.10. The van der Waals surface area contributed by atoms with Crippen molar-refractivity contribution in [3.8, 4) is 5.75 Å². The summed E-state index contributed by atoms with van der Waals surface area (Å²) in [7, 11) is -4.40. The molecule has 4 aromatic rings. The van der Waals surface area contributed by atoms with Gasteiger partial charge in [-0.05, 0) is 68.4 Å². The van der Waals surface area contributed by atoms with E-state index in [1.165, 1.54) is 42.5 Å². The number of ether oxygens (including phenoxy) is 2. The molecule has 0 N–H and O–H groups in total. The van der Waals surface area contributed by atoms with Gasteiger partial charge in [0, 0.05) is 9.86 Å². The van der Waals surface area contributed by atoms with Crippen LogP contribution in [0.3, 0.4) is 0 Å². The van der Waals surface area contributed by atoms with Gasteiger partial charge >= 0.3 is 12.1 Å². The van der Waals surface area contributed by atoms with Gasteiger partial charge in [0.05, 0.1) is 17.2 Å². The molecule has 180 valence electrons. The molecule has 0 unspecified atom stereocenters. The Morgan fingerprint density at radius 1 is 1.00 bits per heavy atom. The van der Waals surface area contributed by atoms with E-state index in [2.05, 4.69) is 15.9 Å². The van der Waals surface area contributed by atoms with Gasteiger partial charge in [-0.25, -0.2) is 18.0 Å². The predicted octanol–water partition coefficient (Wildman–Crippen LogP) is 6.07. The maximum atomic E-state index is 13.6. The number of carbonyl (C=O) groups excluding carboxylic acids is 2. The minimum atomic E-state index is -4.40. The fourth-order valence-corrected chi connectivity index (χ4v) is 5.06. The third-order valence-corrected chi connectivity index (χ3v) is 7.26. The minimum absolute atomic E-state index is 0.0345. The first-order valence-electron chi connectivity index (χ1n) is 10.5. The van der Waals surface area contributed by atoms with E-state index in [1.807, 2.05) is 0 Å². The summed E-state index contributed by atoms with van der Waals surface area (Å²) in [6.45, 7) is 3.43. The van der Waals surface area contributed by atoms with Crippen LogP contribution in [-0.4, -0.2) is 27.1 Å². The lowest BCUT2D eigenvalue weighted by atomic mass is 10.1. The van der Waals surface area contributed by atoms with Crippen molar-refractivity contribution in [1.29, 1.82) is 0 Å². The Hall–Kier alpha value is -3.63. The topological polar surface area (TPSA) is 103 Å². The summed E-state index contributed by atoms with van der Waals surface area (Å²) in [5.74, 6) is -0.138. The number of nitrogens with zero attached hydrogens (tertiary/aromatic N) is 1. The zero-order chi connectivity index (χ0) is 25.2. The number of furan rings is 1. The minimum Gasteiger partial charge on any atom is -0.462 e. The van der Waals surface area contributed by atoms with Crippen LogP contribution in [0, 0.1) is 6.92 Å². The Morgan fingerprint density at radius 3 is 2.34 bits per heavy atom. The van der Waals surface area contributed by atoms with Crippen LogP contribution in [-0.2, 0) is 14.8 Å². The first kappa shape index (κ1) is 24.5. The van der Waals surface area contributed by atoms with Crippen LogP contribution < -0.4 is 9.04 Å². The Bertz CT molecular complexity index is 1500. The number of hydrogen-bond acceptors (Lipinski definition) is 7. The number of halogens is 1. The lowest BCUT2D eigenvalue weighted by Gasteiger charge is -2.22. The molecule has 0 aliphatic heterocycles. The molecule has 1 aromatic heterocycles. The van der Waals surface area contributed by atoms with Gasteiger partial charge < -0.3 is 13.9 Å². The number of amides is 1. The van der Waals surface area contributed by atoms with Crippen LogP contribution in [0.5, 0.6) is 5.75 Å². The van der Waals surface area contributed by atoms with Crippen LogP contribution in [0.2, 0.25) is 0 Å². The third kappa shape index (κ3) is 4.94. The normalized spacial score (nSPS) is 11.3. The first-order valence-corrected chi connectivity index (χ1v) is 12.7. The molecule has 0 aliphatic rings. The molecule has 0 saturated carbocycles. The van der Waals surface area contributed by atoms with Crippen LogP contribution in [0.15, 0.2) is 86.6 Å². The van der Waals surface area contributed by atoms with Crippen molar-refractivity contribution in [3.05, 3.63) is 88.6 Å². The fraction of sp³-hybridized carbons (Fsp3) is 0.120. The smallest absolute Gasteiger partial charge is 0.434 e. The molecular formula is C25H20BrNO7S. The summed E-state index contributed by atoms with van der Waals surface area (Å²) in [5.41, 5.74) is 0.459. The molecule has 35 heavy (non-hydrogen) atoms. The zero-order valence-corrected chi connectivity index (χ0v) is 21.1. The maximum absolute atomic E-state index is 13.6. The highest BCUT2D eigenvalue weighted by Crippen LogP contribution is 2.33. The van der Waals surface area contributed by atoms with Crippen molar-refractivity contribution in [2.45, 2.75) is 18.7 Å². The number of para-hydroxylation sites is 1. The highest BCUT2D eigenvalue weighted by atomic mass is 79.9. The zero-order valence-electron chi connectivity index (χ0n) is 18.7. The Labute approximate surface area is 210 Å². The Morgan fingerprint density at radius 2 is 1.69 bits per heavy atom. The summed E-state index contributed by atoms with van der Waals surface area (Å²) in [6.07, 6.45) is -1.14. The van der Waals surface area contributed by atoms with E-state index in [4.69, 9.17) is 13.9 Å². The molecule has 0 aliphatic carbocycles. The lowest BCUT2D eigenvalue weighted by molar-refractivity contribution is 0.0526. The van der Waals surface area contributed by atoms with Crippen molar-refractivity contribution < 1.29 is 31.9 Å². The molecule has 1 amide bonds. The molecule has 0 bridgehead atoms. The lowest BCUT2D eigenvalue weighted by Crippen LogP contribution is -2.39. The molecule has 4 rings (SSSR count). The molecule has 3 aromatic carbocycles. The average Bonchev–Trinajstić information content (AvgIpc) is 3.15. The van der Waals surface area contributed by atoms with Crippen molar-refractivity contribution in [3.63, 3.8) is 0 Å². The van der Waals surface area contributed by atoms with E-state index in [0.717, 1.165) is 0 Å². The van der Waals surface area contributed by atoms with E-state index in [1.54, 1.807) is 44.2 Å². The number of sulfonamides is 1. The summed E-state index contributed by atoms with van der Waals surface area (Å²) in [4.78, 5) is 25.7. The van der Waals surface area contributed by atoms with E-state index in [-0.39, 0.29) is 28.5 Å². The van der Waals surface area contributed by atoms with E-state index >= 15 is 0 Å². The molecular weight excluding hydrogens is 538 g/mol. The molecule has 0 spiro atoms. The molecule has 0 fully saturated rings.